The third kappa shape index (κ3) is 5.01. The van der Waals surface area contributed by atoms with Crippen molar-refractivity contribution in [1.29, 1.82) is 0 Å². The molecular weight excluding hydrogens is 246 g/mol. The van der Waals surface area contributed by atoms with Crippen molar-refractivity contribution in [2.45, 2.75) is 57.9 Å². The van der Waals surface area contributed by atoms with Crippen LogP contribution in [-0.2, 0) is 0 Å². The van der Waals surface area contributed by atoms with Crippen LogP contribution >= 0.6 is 0 Å². The van der Waals surface area contributed by atoms with Crippen molar-refractivity contribution >= 4 is 0 Å². The minimum Gasteiger partial charge on any atom is -0.315 e. The first-order chi connectivity index (χ1) is 9.58. The Kier molecular flexibility index (Phi) is 6.31. The summed E-state index contributed by atoms with van der Waals surface area (Å²) in [5.41, 5.74) is 0.298. The number of nitrogens with zero attached hydrogens (tertiary/aromatic N) is 2. The summed E-state index contributed by atoms with van der Waals surface area (Å²) < 4.78 is 0. The zero-order valence-corrected chi connectivity index (χ0v) is 14.0. The molecule has 1 N–H and O–H groups in total. The molecule has 2 fully saturated rings. The van der Waals surface area contributed by atoms with Gasteiger partial charge in [0.2, 0.25) is 0 Å². The number of hydrogen-bond donors (Lipinski definition) is 1. The lowest BCUT2D eigenvalue weighted by Crippen LogP contribution is -2.57. The van der Waals surface area contributed by atoms with E-state index in [0.29, 0.717) is 5.54 Å². The van der Waals surface area contributed by atoms with Crippen LogP contribution in [0.2, 0.25) is 0 Å². The van der Waals surface area contributed by atoms with Gasteiger partial charge in [0, 0.05) is 38.3 Å². The predicted molar refractivity (Wildman–Crippen MR) is 87.2 cm³/mol. The SMILES string of the molecule is CN1CCN(C(C)(C)CNCC2CCCCCC2)CC1. The van der Waals surface area contributed by atoms with Gasteiger partial charge in [-0.25, -0.2) is 0 Å². The van der Waals surface area contributed by atoms with Crippen molar-refractivity contribution < 1.29 is 0 Å². The summed E-state index contributed by atoms with van der Waals surface area (Å²) in [6.07, 6.45) is 8.72. The van der Waals surface area contributed by atoms with Gasteiger partial charge in [-0.1, -0.05) is 25.7 Å². The molecule has 2 aliphatic rings. The molecule has 3 nitrogen and oxygen atoms in total. The first-order valence-corrected chi connectivity index (χ1v) is 8.72. The van der Waals surface area contributed by atoms with Crippen molar-refractivity contribution in [3.8, 4) is 0 Å². The molecule has 1 saturated carbocycles. The molecule has 1 aliphatic carbocycles. The summed E-state index contributed by atoms with van der Waals surface area (Å²) >= 11 is 0. The number of nitrogens with one attached hydrogen (secondary N) is 1. The summed E-state index contributed by atoms with van der Waals surface area (Å²) in [4.78, 5) is 5.10. The van der Waals surface area contributed by atoms with Crippen LogP contribution in [0.5, 0.6) is 0 Å². The molecule has 0 spiro atoms. The topological polar surface area (TPSA) is 18.5 Å². The van der Waals surface area contributed by atoms with E-state index in [-0.39, 0.29) is 0 Å². The Hall–Kier alpha value is -0.120. The highest BCUT2D eigenvalue weighted by Gasteiger charge is 2.28. The molecular formula is C17H35N3. The highest BCUT2D eigenvalue weighted by atomic mass is 15.3. The van der Waals surface area contributed by atoms with Crippen molar-refractivity contribution in [1.82, 2.24) is 15.1 Å². The molecule has 0 aromatic rings. The summed E-state index contributed by atoms with van der Waals surface area (Å²) in [5.74, 6) is 0.931. The number of likely N-dealkylation sites (N-methyl/N-ethyl adjacent to an activating group) is 1. The molecule has 0 atom stereocenters. The molecule has 20 heavy (non-hydrogen) atoms. The van der Waals surface area contributed by atoms with Crippen molar-refractivity contribution in [2.24, 2.45) is 5.92 Å². The Morgan fingerprint density at radius 3 is 2.15 bits per heavy atom. The molecule has 1 saturated heterocycles. The lowest BCUT2D eigenvalue weighted by Gasteiger charge is -2.43. The van der Waals surface area contributed by atoms with Gasteiger partial charge >= 0.3 is 0 Å². The Balaban J connectivity index is 1.68. The zero-order chi connectivity index (χ0) is 14.4. The standard InChI is InChI=1S/C17H35N3/c1-17(2,20-12-10-19(3)11-13-20)15-18-14-16-8-6-4-5-7-9-16/h16,18H,4-15H2,1-3H3. The van der Waals surface area contributed by atoms with E-state index in [2.05, 4.69) is 36.0 Å². The zero-order valence-electron chi connectivity index (χ0n) is 14.0. The van der Waals surface area contributed by atoms with E-state index in [9.17, 15) is 0 Å². The lowest BCUT2D eigenvalue weighted by atomic mass is 9.98. The van der Waals surface area contributed by atoms with Gasteiger partial charge in [-0.3, -0.25) is 4.90 Å². The van der Waals surface area contributed by atoms with E-state index in [0.717, 1.165) is 12.5 Å². The van der Waals surface area contributed by atoms with E-state index < -0.39 is 0 Å². The molecule has 3 heteroatoms. The Morgan fingerprint density at radius 1 is 0.950 bits per heavy atom. The average Bonchev–Trinajstić information content (AvgIpc) is 2.68. The fourth-order valence-electron chi connectivity index (χ4n) is 3.67. The van der Waals surface area contributed by atoms with Gasteiger partial charge in [0.15, 0.2) is 0 Å². The van der Waals surface area contributed by atoms with E-state index in [4.69, 9.17) is 0 Å². The minimum absolute atomic E-state index is 0.298. The van der Waals surface area contributed by atoms with Crippen LogP contribution < -0.4 is 5.32 Å². The molecule has 1 heterocycles. The predicted octanol–water partition coefficient (Wildman–Crippen LogP) is 2.57. The van der Waals surface area contributed by atoms with Crippen molar-refractivity contribution in [3.63, 3.8) is 0 Å². The van der Waals surface area contributed by atoms with Crippen molar-refractivity contribution in [3.05, 3.63) is 0 Å². The maximum atomic E-state index is 3.78. The summed E-state index contributed by atoms with van der Waals surface area (Å²) in [6.45, 7) is 12.0. The van der Waals surface area contributed by atoms with Gasteiger partial charge in [0.25, 0.3) is 0 Å². The van der Waals surface area contributed by atoms with E-state index in [1.165, 1.54) is 71.2 Å². The average molecular weight is 281 g/mol. The van der Waals surface area contributed by atoms with Crippen LogP contribution in [0.3, 0.4) is 0 Å². The molecule has 0 radical (unpaired) electrons. The quantitative estimate of drug-likeness (QED) is 0.782. The molecule has 0 amide bonds. The monoisotopic (exact) mass is 281 g/mol. The number of piperazine rings is 1. The molecule has 0 bridgehead atoms. The third-order valence-electron chi connectivity index (χ3n) is 5.32. The van der Waals surface area contributed by atoms with Gasteiger partial charge in [-0.15, -0.1) is 0 Å². The molecule has 0 aromatic heterocycles. The third-order valence-corrected chi connectivity index (χ3v) is 5.32. The molecule has 0 aromatic carbocycles. The van der Waals surface area contributed by atoms with Crippen LogP contribution in [0.15, 0.2) is 0 Å². The highest BCUT2D eigenvalue weighted by Crippen LogP contribution is 2.22. The second kappa shape index (κ2) is 7.77. The van der Waals surface area contributed by atoms with Crippen molar-refractivity contribution in [2.75, 3.05) is 46.3 Å². The van der Waals surface area contributed by atoms with Crippen LogP contribution in [0.4, 0.5) is 0 Å². The van der Waals surface area contributed by atoms with Gasteiger partial charge in [0.1, 0.15) is 0 Å². The maximum Gasteiger partial charge on any atom is 0.0278 e. The first-order valence-electron chi connectivity index (χ1n) is 8.72. The smallest absolute Gasteiger partial charge is 0.0278 e. The lowest BCUT2D eigenvalue weighted by molar-refractivity contribution is 0.0613. The maximum absolute atomic E-state index is 3.78. The van der Waals surface area contributed by atoms with Gasteiger partial charge < -0.3 is 10.2 Å². The Labute approximate surface area is 126 Å². The Morgan fingerprint density at radius 2 is 1.55 bits per heavy atom. The van der Waals surface area contributed by atoms with Gasteiger partial charge in [-0.05, 0) is 46.2 Å². The highest BCUT2D eigenvalue weighted by molar-refractivity contribution is 4.87. The summed E-state index contributed by atoms with van der Waals surface area (Å²) in [7, 11) is 2.23. The largest absolute Gasteiger partial charge is 0.315 e. The molecule has 1 aliphatic heterocycles. The van der Waals surface area contributed by atoms with Gasteiger partial charge in [-0.2, -0.15) is 0 Å². The summed E-state index contributed by atoms with van der Waals surface area (Å²) in [6, 6.07) is 0. The van der Waals surface area contributed by atoms with E-state index in [1.54, 1.807) is 0 Å². The van der Waals surface area contributed by atoms with Crippen LogP contribution in [0.1, 0.15) is 52.4 Å². The second-order valence-electron chi connectivity index (χ2n) is 7.59. The fourth-order valence-corrected chi connectivity index (χ4v) is 3.67. The van der Waals surface area contributed by atoms with Crippen LogP contribution in [0.25, 0.3) is 0 Å². The second-order valence-corrected chi connectivity index (χ2v) is 7.59. The number of hydrogen-bond acceptors (Lipinski definition) is 3. The number of rotatable bonds is 5. The van der Waals surface area contributed by atoms with E-state index >= 15 is 0 Å². The molecule has 118 valence electrons. The normalized spacial score (nSPS) is 24.8. The van der Waals surface area contributed by atoms with Crippen LogP contribution in [0, 0.1) is 5.92 Å². The molecule has 2 rings (SSSR count). The summed E-state index contributed by atoms with van der Waals surface area (Å²) in [5, 5.41) is 3.78. The minimum atomic E-state index is 0.298. The van der Waals surface area contributed by atoms with E-state index in [1.807, 2.05) is 0 Å². The molecule has 0 unspecified atom stereocenters. The Bertz CT molecular complexity index is 261. The van der Waals surface area contributed by atoms with Gasteiger partial charge in [0.05, 0.1) is 0 Å². The first kappa shape index (κ1) is 16.3. The fraction of sp³-hybridized carbons (Fsp3) is 1.00. The van der Waals surface area contributed by atoms with Crippen LogP contribution in [-0.4, -0.2) is 61.7 Å².